The van der Waals surface area contributed by atoms with E-state index in [-0.39, 0.29) is 23.7 Å². The minimum absolute atomic E-state index is 0.128. The fourth-order valence-electron chi connectivity index (χ4n) is 5.96. The lowest BCUT2D eigenvalue weighted by Gasteiger charge is -2.45. The van der Waals surface area contributed by atoms with E-state index in [2.05, 4.69) is 24.3 Å². The number of ether oxygens (including phenoxy) is 1. The molecule has 0 saturated carbocycles. The van der Waals surface area contributed by atoms with Gasteiger partial charge in [0.1, 0.15) is 0 Å². The summed E-state index contributed by atoms with van der Waals surface area (Å²) in [6.07, 6.45) is 0.747. The van der Waals surface area contributed by atoms with Crippen LogP contribution in [-0.2, 0) is 14.3 Å². The van der Waals surface area contributed by atoms with E-state index in [0.29, 0.717) is 17.9 Å². The van der Waals surface area contributed by atoms with E-state index in [1.807, 2.05) is 31.2 Å². The van der Waals surface area contributed by atoms with E-state index in [4.69, 9.17) is 4.74 Å². The molecule has 5 heteroatoms. The van der Waals surface area contributed by atoms with Crippen LogP contribution in [0.15, 0.2) is 72.8 Å². The Balaban J connectivity index is 1.40. The number of hydrogen-bond donors (Lipinski definition) is 0. The molecule has 3 aromatic rings. The minimum atomic E-state index is -0.415. The van der Waals surface area contributed by atoms with E-state index < -0.39 is 17.8 Å². The zero-order chi connectivity index (χ0) is 22.7. The summed E-state index contributed by atoms with van der Waals surface area (Å²) in [6.45, 7) is 2.29. The molecule has 3 aromatic carbocycles. The first-order valence-electron chi connectivity index (χ1n) is 11.4. The molecule has 2 bridgehead atoms. The third kappa shape index (κ3) is 2.75. The Morgan fingerprint density at radius 3 is 1.64 bits per heavy atom. The van der Waals surface area contributed by atoms with E-state index in [1.54, 1.807) is 24.3 Å². The number of nitrogens with zero attached hydrogens (tertiary/aromatic N) is 1. The number of rotatable bonds is 4. The van der Waals surface area contributed by atoms with Crippen molar-refractivity contribution in [2.75, 3.05) is 11.5 Å². The highest BCUT2D eigenvalue weighted by atomic mass is 16.5. The number of imide groups is 1. The molecule has 1 aliphatic heterocycles. The Labute approximate surface area is 192 Å². The number of benzene rings is 3. The number of amides is 2. The Hall–Kier alpha value is -3.73. The maximum atomic E-state index is 13.7. The zero-order valence-electron chi connectivity index (χ0n) is 18.2. The van der Waals surface area contributed by atoms with Gasteiger partial charge in [-0.2, -0.15) is 0 Å². The summed E-state index contributed by atoms with van der Waals surface area (Å²) in [6, 6.07) is 23.0. The van der Waals surface area contributed by atoms with Crippen LogP contribution in [0.5, 0.6) is 0 Å². The summed E-state index contributed by atoms with van der Waals surface area (Å²) in [4.78, 5) is 40.9. The van der Waals surface area contributed by atoms with E-state index in [1.165, 1.54) is 4.90 Å². The van der Waals surface area contributed by atoms with Crippen LogP contribution in [0.25, 0.3) is 0 Å². The smallest absolute Gasteiger partial charge is 0.338 e. The third-order valence-corrected chi connectivity index (χ3v) is 7.25. The molecule has 1 saturated heterocycles. The van der Waals surface area contributed by atoms with Crippen molar-refractivity contribution in [1.82, 2.24) is 0 Å². The van der Waals surface area contributed by atoms with Crippen molar-refractivity contribution < 1.29 is 19.1 Å². The molecule has 0 aromatic heterocycles. The van der Waals surface area contributed by atoms with Crippen molar-refractivity contribution in [3.63, 3.8) is 0 Å². The van der Waals surface area contributed by atoms with Crippen LogP contribution in [0.2, 0.25) is 0 Å². The van der Waals surface area contributed by atoms with Crippen LogP contribution in [0.3, 0.4) is 0 Å². The van der Waals surface area contributed by atoms with Crippen molar-refractivity contribution in [3.05, 3.63) is 101 Å². The molecule has 2 unspecified atom stereocenters. The number of anilines is 1. The highest BCUT2D eigenvalue weighted by molar-refractivity contribution is 6.23. The number of hydrogen-bond acceptors (Lipinski definition) is 4. The predicted octanol–water partition coefficient (Wildman–Crippen LogP) is 4.65. The maximum absolute atomic E-state index is 13.7. The average molecular weight is 437 g/mol. The Morgan fingerprint density at radius 2 is 1.21 bits per heavy atom. The lowest BCUT2D eigenvalue weighted by Crippen LogP contribution is -2.41. The normalized spacial score (nSPS) is 24.3. The SMILES string of the molecule is CCCOC(=O)c1ccc(N2C(=O)C3C4c5ccccc5C(c5ccccc54)C3C2=O)cc1. The van der Waals surface area contributed by atoms with E-state index in [0.717, 1.165) is 28.7 Å². The average Bonchev–Trinajstić information content (AvgIpc) is 3.13. The Kier molecular flexibility index (Phi) is 4.47. The molecule has 3 aliphatic carbocycles. The first-order valence-corrected chi connectivity index (χ1v) is 11.4. The van der Waals surface area contributed by atoms with Gasteiger partial charge in [-0.1, -0.05) is 55.5 Å². The van der Waals surface area contributed by atoms with Crippen molar-refractivity contribution in [2.24, 2.45) is 11.8 Å². The topological polar surface area (TPSA) is 63.7 Å². The quantitative estimate of drug-likeness (QED) is 0.440. The molecule has 1 fully saturated rings. The van der Waals surface area contributed by atoms with Gasteiger partial charge in [0.25, 0.3) is 0 Å². The van der Waals surface area contributed by atoms with Gasteiger partial charge < -0.3 is 4.74 Å². The van der Waals surface area contributed by atoms with Gasteiger partial charge in [0.2, 0.25) is 11.8 Å². The second-order valence-corrected chi connectivity index (χ2v) is 8.96. The van der Waals surface area contributed by atoms with Gasteiger partial charge in [-0.25, -0.2) is 9.69 Å². The lowest BCUT2D eigenvalue weighted by atomic mass is 9.55. The molecular formula is C28H23NO4. The second kappa shape index (κ2) is 7.41. The number of esters is 1. The minimum Gasteiger partial charge on any atom is -0.462 e. The third-order valence-electron chi connectivity index (χ3n) is 7.25. The highest BCUT2D eigenvalue weighted by Gasteiger charge is 2.61. The largest absolute Gasteiger partial charge is 0.462 e. The van der Waals surface area contributed by atoms with Crippen LogP contribution in [0, 0.1) is 11.8 Å². The summed E-state index contributed by atoms with van der Waals surface area (Å²) in [7, 11) is 0. The number of carbonyl (C=O) groups excluding carboxylic acids is 3. The van der Waals surface area contributed by atoms with Gasteiger partial charge >= 0.3 is 5.97 Å². The summed E-state index contributed by atoms with van der Waals surface area (Å²) in [5.74, 6) is -1.81. The van der Waals surface area contributed by atoms with Crippen LogP contribution in [0.1, 0.15) is 57.8 Å². The van der Waals surface area contributed by atoms with Gasteiger partial charge in [-0.05, 0) is 52.9 Å². The molecular weight excluding hydrogens is 414 g/mol. The van der Waals surface area contributed by atoms with E-state index >= 15 is 0 Å². The molecule has 4 aliphatic rings. The van der Waals surface area contributed by atoms with Gasteiger partial charge in [0, 0.05) is 11.8 Å². The summed E-state index contributed by atoms with van der Waals surface area (Å²) in [5.41, 5.74) is 5.51. The number of carbonyl (C=O) groups is 3. The standard InChI is InChI=1S/C28H23NO4/c1-2-15-33-28(32)16-11-13-17(14-12-16)29-26(30)24-22-18-7-3-4-8-19(18)23(25(24)27(29)31)21-10-6-5-9-20(21)22/h3-14,22-25H,2,15H2,1H3. The van der Waals surface area contributed by atoms with Gasteiger partial charge in [0.15, 0.2) is 0 Å². The molecule has 2 amide bonds. The predicted molar refractivity (Wildman–Crippen MR) is 123 cm³/mol. The lowest BCUT2D eigenvalue weighted by molar-refractivity contribution is -0.122. The molecule has 164 valence electrons. The van der Waals surface area contributed by atoms with Crippen LogP contribution < -0.4 is 4.90 Å². The second-order valence-electron chi connectivity index (χ2n) is 8.96. The van der Waals surface area contributed by atoms with Gasteiger partial charge in [-0.15, -0.1) is 0 Å². The molecule has 5 nitrogen and oxygen atoms in total. The maximum Gasteiger partial charge on any atom is 0.338 e. The monoisotopic (exact) mass is 437 g/mol. The van der Waals surface area contributed by atoms with Crippen molar-refractivity contribution in [2.45, 2.75) is 25.2 Å². The zero-order valence-corrected chi connectivity index (χ0v) is 18.2. The van der Waals surface area contributed by atoms with Crippen LogP contribution in [-0.4, -0.2) is 24.4 Å². The molecule has 0 spiro atoms. The van der Waals surface area contributed by atoms with Crippen LogP contribution >= 0.6 is 0 Å². The molecule has 0 radical (unpaired) electrons. The molecule has 0 N–H and O–H groups in total. The Bertz CT molecular complexity index is 1180. The van der Waals surface area contributed by atoms with Crippen LogP contribution in [0.4, 0.5) is 5.69 Å². The van der Waals surface area contributed by atoms with Crippen molar-refractivity contribution >= 4 is 23.5 Å². The van der Waals surface area contributed by atoms with E-state index in [9.17, 15) is 14.4 Å². The first-order chi connectivity index (χ1) is 16.1. The summed E-state index contributed by atoms with van der Waals surface area (Å²) in [5, 5.41) is 0. The fourth-order valence-corrected chi connectivity index (χ4v) is 5.96. The highest BCUT2D eigenvalue weighted by Crippen LogP contribution is 2.61. The van der Waals surface area contributed by atoms with Crippen molar-refractivity contribution in [1.29, 1.82) is 0 Å². The fraction of sp³-hybridized carbons (Fsp3) is 0.250. The summed E-state index contributed by atoms with van der Waals surface area (Å²) < 4.78 is 5.18. The molecule has 33 heavy (non-hydrogen) atoms. The van der Waals surface area contributed by atoms with Gasteiger partial charge in [0.05, 0.1) is 29.7 Å². The Morgan fingerprint density at radius 1 is 0.758 bits per heavy atom. The van der Waals surface area contributed by atoms with Crippen molar-refractivity contribution in [3.8, 4) is 0 Å². The molecule has 2 atom stereocenters. The molecule has 7 rings (SSSR count). The first kappa shape index (κ1) is 19.9. The molecule has 1 heterocycles. The summed E-state index contributed by atoms with van der Waals surface area (Å²) >= 11 is 0. The van der Waals surface area contributed by atoms with Gasteiger partial charge in [-0.3, -0.25) is 9.59 Å².